The molecule has 0 aliphatic carbocycles. The van der Waals surface area contributed by atoms with Crippen molar-refractivity contribution >= 4 is 32.6 Å². The van der Waals surface area contributed by atoms with Gasteiger partial charge in [-0.25, -0.2) is 4.98 Å². The maximum absolute atomic E-state index is 13.3. The SMILES string of the molecule is COc1ccc2nc(N(Cc3ccco3)C(=O)Cc3cc(C)ccc3C)sc2c1. The summed E-state index contributed by atoms with van der Waals surface area (Å²) in [6, 6.07) is 15.6. The number of anilines is 1. The Morgan fingerprint density at radius 2 is 2.03 bits per heavy atom. The average molecular weight is 407 g/mol. The van der Waals surface area contributed by atoms with Gasteiger partial charge in [0, 0.05) is 0 Å². The topological polar surface area (TPSA) is 55.6 Å². The van der Waals surface area contributed by atoms with Crippen molar-refractivity contribution in [2.75, 3.05) is 12.0 Å². The second-order valence-electron chi connectivity index (χ2n) is 7.00. The number of aromatic nitrogens is 1. The van der Waals surface area contributed by atoms with Crippen molar-refractivity contribution < 1.29 is 13.9 Å². The van der Waals surface area contributed by atoms with Crippen molar-refractivity contribution in [1.29, 1.82) is 0 Å². The van der Waals surface area contributed by atoms with Gasteiger partial charge < -0.3 is 9.15 Å². The van der Waals surface area contributed by atoms with E-state index >= 15 is 0 Å². The van der Waals surface area contributed by atoms with Gasteiger partial charge in [0.05, 0.1) is 36.6 Å². The monoisotopic (exact) mass is 406 g/mol. The highest BCUT2D eigenvalue weighted by Gasteiger charge is 2.22. The minimum absolute atomic E-state index is 0.0129. The number of aryl methyl sites for hydroxylation is 2. The van der Waals surface area contributed by atoms with Gasteiger partial charge in [0.25, 0.3) is 0 Å². The van der Waals surface area contributed by atoms with Crippen molar-refractivity contribution in [3.05, 3.63) is 77.2 Å². The van der Waals surface area contributed by atoms with E-state index in [-0.39, 0.29) is 5.91 Å². The predicted molar refractivity (Wildman–Crippen MR) is 116 cm³/mol. The third-order valence-electron chi connectivity index (χ3n) is 4.86. The van der Waals surface area contributed by atoms with Crippen LogP contribution in [0.15, 0.2) is 59.2 Å². The molecule has 0 aliphatic heterocycles. The van der Waals surface area contributed by atoms with E-state index in [9.17, 15) is 4.79 Å². The fourth-order valence-corrected chi connectivity index (χ4v) is 4.22. The van der Waals surface area contributed by atoms with Gasteiger partial charge in [-0.05, 0) is 55.3 Å². The molecule has 2 heterocycles. The molecule has 2 aromatic heterocycles. The molecule has 0 atom stereocenters. The molecule has 1 amide bonds. The molecule has 0 aliphatic rings. The quantitative estimate of drug-likeness (QED) is 0.436. The van der Waals surface area contributed by atoms with Gasteiger partial charge in [-0.15, -0.1) is 0 Å². The highest BCUT2D eigenvalue weighted by molar-refractivity contribution is 7.22. The predicted octanol–water partition coefficient (Wildman–Crippen LogP) is 5.29. The molecule has 6 heteroatoms. The molecule has 2 aromatic carbocycles. The van der Waals surface area contributed by atoms with Crippen molar-refractivity contribution in [2.24, 2.45) is 0 Å². The van der Waals surface area contributed by atoms with Gasteiger partial charge in [0.15, 0.2) is 5.13 Å². The molecular formula is C23H22N2O3S. The minimum Gasteiger partial charge on any atom is -0.497 e. The van der Waals surface area contributed by atoms with E-state index in [0.717, 1.165) is 38.4 Å². The third-order valence-corrected chi connectivity index (χ3v) is 5.90. The average Bonchev–Trinajstić information content (AvgIpc) is 3.37. The zero-order valence-corrected chi connectivity index (χ0v) is 17.5. The molecule has 4 aromatic rings. The van der Waals surface area contributed by atoms with Gasteiger partial charge in [-0.3, -0.25) is 9.69 Å². The lowest BCUT2D eigenvalue weighted by Crippen LogP contribution is -2.31. The first-order valence-electron chi connectivity index (χ1n) is 9.37. The van der Waals surface area contributed by atoms with Crippen molar-refractivity contribution in [3.63, 3.8) is 0 Å². The first-order valence-corrected chi connectivity index (χ1v) is 10.2. The van der Waals surface area contributed by atoms with Gasteiger partial charge in [0.1, 0.15) is 11.5 Å². The second kappa shape index (κ2) is 8.09. The molecular weight excluding hydrogens is 384 g/mol. The Morgan fingerprint density at radius 3 is 2.79 bits per heavy atom. The van der Waals surface area contributed by atoms with Gasteiger partial charge in [-0.1, -0.05) is 35.1 Å². The van der Waals surface area contributed by atoms with Crippen LogP contribution in [-0.4, -0.2) is 18.0 Å². The summed E-state index contributed by atoms with van der Waals surface area (Å²) in [5.74, 6) is 1.48. The molecule has 0 spiro atoms. The van der Waals surface area contributed by atoms with Crippen LogP contribution in [-0.2, 0) is 17.8 Å². The van der Waals surface area contributed by atoms with Crippen LogP contribution in [0.2, 0.25) is 0 Å². The summed E-state index contributed by atoms with van der Waals surface area (Å²) in [6.07, 6.45) is 1.93. The Kier molecular flexibility index (Phi) is 5.36. The van der Waals surface area contributed by atoms with Crippen LogP contribution in [0.4, 0.5) is 5.13 Å². The molecule has 29 heavy (non-hydrogen) atoms. The minimum atomic E-state index is -0.0129. The largest absolute Gasteiger partial charge is 0.497 e. The van der Waals surface area contributed by atoms with E-state index < -0.39 is 0 Å². The number of carbonyl (C=O) groups excluding carboxylic acids is 1. The summed E-state index contributed by atoms with van der Waals surface area (Å²) in [5.41, 5.74) is 4.12. The van der Waals surface area contributed by atoms with E-state index in [4.69, 9.17) is 14.1 Å². The number of fused-ring (bicyclic) bond motifs is 1. The Balaban J connectivity index is 1.69. The lowest BCUT2D eigenvalue weighted by atomic mass is 10.0. The van der Waals surface area contributed by atoms with Crippen LogP contribution in [0.25, 0.3) is 10.2 Å². The van der Waals surface area contributed by atoms with Crippen molar-refractivity contribution in [3.8, 4) is 5.75 Å². The normalized spacial score (nSPS) is 11.0. The van der Waals surface area contributed by atoms with Crippen LogP contribution in [0.5, 0.6) is 5.75 Å². The third kappa shape index (κ3) is 4.17. The first kappa shape index (κ1) is 19.2. The lowest BCUT2D eigenvalue weighted by Gasteiger charge is -2.19. The highest BCUT2D eigenvalue weighted by atomic mass is 32.1. The first-order chi connectivity index (χ1) is 14.0. The molecule has 4 rings (SSSR count). The molecule has 0 saturated heterocycles. The number of amides is 1. The maximum atomic E-state index is 13.3. The van der Waals surface area contributed by atoms with Crippen LogP contribution in [0.1, 0.15) is 22.5 Å². The molecule has 148 valence electrons. The number of methoxy groups -OCH3 is 1. The van der Waals surface area contributed by atoms with E-state index in [2.05, 4.69) is 18.2 Å². The van der Waals surface area contributed by atoms with E-state index in [1.54, 1.807) is 18.3 Å². The summed E-state index contributed by atoms with van der Waals surface area (Å²) >= 11 is 1.48. The van der Waals surface area contributed by atoms with Crippen molar-refractivity contribution in [2.45, 2.75) is 26.8 Å². The number of furan rings is 1. The molecule has 0 radical (unpaired) electrons. The van der Waals surface area contributed by atoms with Crippen LogP contribution in [0, 0.1) is 13.8 Å². The summed E-state index contributed by atoms with van der Waals surface area (Å²) in [7, 11) is 1.64. The number of thiazole rings is 1. The summed E-state index contributed by atoms with van der Waals surface area (Å²) in [4.78, 5) is 19.7. The summed E-state index contributed by atoms with van der Waals surface area (Å²) in [5, 5.41) is 0.653. The Hall–Kier alpha value is -3.12. The van der Waals surface area contributed by atoms with E-state index in [1.807, 2.05) is 44.2 Å². The molecule has 0 N–H and O–H groups in total. The van der Waals surface area contributed by atoms with Gasteiger partial charge in [-0.2, -0.15) is 0 Å². The fraction of sp³-hybridized carbons (Fsp3) is 0.217. The summed E-state index contributed by atoms with van der Waals surface area (Å²) < 4.78 is 11.8. The van der Waals surface area contributed by atoms with Crippen LogP contribution >= 0.6 is 11.3 Å². The van der Waals surface area contributed by atoms with Gasteiger partial charge in [0.2, 0.25) is 5.91 Å². The van der Waals surface area contributed by atoms with E-state index in [1.165, 1.54) is 11.3 Å². The number of ether oxygens (including phenoxy) is 1. The number of rotatable bonds is 6. The molecule has 0 saturated carbocycles. The number of benzene rings is 2. The molecule has 0 unspecified atom stereocenters. The fourth-order valence-electron chi connectivity index (χ4n) is 3.21. The van der Waals surface area contributed by atoms with Crippen LogP contribution < -0.4 is 9.64 Å². The second-order valence-corrected chi connectivity index (χ2v) is 8.01. The number of nitrogens with zero attached hydrogens (tertiary/aromatic N) is 2. The number of carbonyl (C=O) groups is 1. The highest BCUT2D eigenvalue weighted by Crippen LogP contribution is 2.32. The van der Waals surface area contributed by atoms with Gasteiger partial charge >= 0.3 is 0 Å². The lowest BCUT2D eigenvalue weighted by molar-refractivity contribution is -0.118. The zero-order valence-electron chi connectivity index (χ0n) is 16.6. The Bertz CT molecular complexity index is 1150. The Labute approximate surface area is 173 Å². The number of hydrogen-bond acceptors (Lipinski definition) is 5. The molecule has 5 nitrogen and oxygen atoms in total. The van der Waals surface area contributed by atoms with Crippen molar-refractivity contribution in [1.82, 2.24) is 4.98 Å². The molecule has 0 fully saturated rings. The zero-order chi connectivity index (χ0) is 20.4. The summed E-state index contributed by atoms with van der Waals surface area (Å²) in [6.45, 7) is 4.41. The molecule has 0 bridgehead atoms. The van der Waals surface area contributed by atoms with Crippen LogP contribution in [0.3, 0.4) is 0 Å². The standard InChI is InChI=1S/C23H22N2O3S/c1-15-6-7-16(2)17(11-15)12-22(26)25(14-19-5-4-10-28-19)23-24-20-9-8-18(27-3)13-21(20)29-23/h4-11,13H,12,14H2,1-3H3. The smallest absolute Gasteiger partial charge is 0.233 e. The maximum Gasteiger partial charge on any atom is 0.233 e. The Morgan fingerprint density at radius 1 is 1.17 bits per heavy atom. The van der Waals surface area contributed by atoms with E-state index in [0.29, 0.717) is 18.1 Å². The number of hydrogen-bond donors (Lipinski definition) is 0.